The zero-order valence-corrected chi connectivity index (χ0v) is 11.8. The Hall–Kier alpha value is -0.710. The topological polar surface area (TPSA) is 26.0 Å². The Labute approximate surface area is 113 Å². The molecule has 2 aromatic rings. The number of benzene rings is 1. The lowest BCUT2D eigenvalue weighted by Gasteiger charge is -2.12. The summed E-state index contributed by atoms with van der Waals surface area (Å²) in [5.74, 6) is -0.185. The van der Waals surface area contributed by atoms with Crippen LogP contribution >= 0.6 is 27.3 Å². The van der Waals surface area contributed by atoms with Crippen molar-refractivity contribution in [2.24, 2.45) is 5.73 Å². The zero-order chi connectivity index (χ0) is 12.4. The second-order valence-electron chi connectivity index (χ2n) is 3.96. The maximum Gasteiger partial charge on any atom is 0.126 e. The van der Waals surface area contributed by atoms with Crippen molar-refractivity contribution < 1.29 is 4.39 Å². The maximum atomic E-state index is 13.5. The quantitative estimate of drug-likeness (QED) is 0.903. The smallest absolute Gasteiger partial charge is 0.126 e. The first-order valence-electron chi connectivity index (χ1n) is 5.32. The van der Waals surface area contributed by atoms with Crippen LogP contribution in [0.4, 0.5) is 4.39 Å². The van der Waals surface area contributed by atoms with Gasteiger partial charge in [-0.3, -0.25) is 0 Å². The van der Waals surface area contributed by atoms with Crippen LogP contribution in [0.15, 0.2) is 34.1 Å². The molecule has 17 heavy (non-hydrogen) atoms. The molecule has 1 nitrogen and oxygen atoms in total. The van der Waals surface area contributed by atoms with Gasteiger partial charge in [-0.05, 0) is 52.5 Å². The number of halogens is 2. The van der Waals surface area contributed by atoms with Crippen molar-refractivity contribution >= 4 is 27.3 Å². The first-order valence-corrected chi connectivity index (χ1v) is 6.93. The van der Waals surface area contributed by atoms with E-state index >= 15 is 0 Å². The molecule has 2 rings (SSSR count). The molecule has 0 bridgehead atoms. The van der Waals surface area contributed by atoms with Crippen molar-refractivity contribution in [2.45, 2.75) is 19.4 Å². The summed E-state index contributed by atoms with van der Waals surface area (Å²) >= 11 is 5.10. The van der Waals surface area contributed by atoms with Gasteiger partial charge in [0.2, 0.25) is 0 Å². The highest BCUT2D eigenvalue weighted by atomic mass is 79.9. The lowest BCUT2D eigenvalue weighted by Crippen LogP contribution is -2.14. The first-order chi connectivity index (χ1) is 8.08. The van der Waals surface area contributed by atoms with Crippen molar-refractivity contribution in [3.05, 3.63) is 55.9 Å². The van der Waals surface area contributed by atoms with Crippen LogP contribution < -0.4 is 5.73 Å². The molecule has 0 aliphatic rings. The van der Waals surface area contributed by atoms with Crippen molar-refractivity contribution in [1.29, 1.82) is 0 Å². The summed E-state index contributed by atoms with van der Waals surface area (Å²) in [4.78, 5) is 1.18. The Bertz CT molecular complexity index is 524. The fourth-order valence-corrected chi connectivity index (χ4v) is 3.62. The molecule has 1 aromatic heterocycles. The van der Waals surface area contributed by atoms with Crippen LogP contribution in [0.1, 0.15) is 22.0 Å². The summed E-state index contributed by atoms with van der Waals surface area (Å²) < 4.78 is 14.6. The van der Waals surface area contributed by atoms with Crippen molar-refractivity contribution in [2.75, 3.05) is 0 Å². The molecule has 90 valence electrons. The Morgan fingerprint density at radius 2 is 2.12 bits per heavy atom. The van der Waals surface area contributed by atoms with Gasteiger partial charge in [0, 0.05) is 10.9 Å². The summed E-state index contributed by atoms with van der Waals surface area (Å²) in [5.41, 5.74) is 7.89. The molecule has 1 unspecified atom stereocenters. The van der Waals surface area contributed by atoms with Crippen molar-refractivity contribution in [1.82, 2.24) is 0 Å². The molecule has 0 saturated heterocycles. The molecule has 1 aromatic carbocycles. The van der Waals surface area contributed by atoms with Crippen molar-refractivity contribution in [3.63, 3.8) is 0 Å². The Balaban J connectivity index is 2.20. The Morgan fingerprint density at radius 1 is 1.41 bits per heavy atom. The van der Waals surface area contributed by atoms with E-state index in [2.05, 4.69) is 15.9 Å². The second kappa shape index (κ2) is 5.29. The van der Waals surface area contributed by atoms with Gasteiger partial charge in [0.05, 0.1) is 3.79 Å². The monoisotopic (exact) mass is 313 g/mol. The van der Waals surface area contributed by atoms with Crippen LogP contribution in [-0.4, -0.2) is 0 Å². The molecule has 0 radical (unpaired) electrons. The average molecular weight is 314 g/mol. The number of hydrogen-bond acceptors (Lipinski definition) is 2. The average Bonchev–Trinajstić information content (AvgIpc) is 2.61. The third-order valence-corrected chi connectivity index (χ3v) is 4.29. The van der Waals surface area contributed by atoms with Crippen LogP contribution in [0.3, 0.4) is 0 Å². The molecular weight excluding hydrogens is 301 g/mol. The minimum absolute atomic E-state index is 0.158. The highest BCUT2D eigenvalue weighted by molar-refractivity contribution is 9.11. The normalized spacial score (nSPS) is 12.7. The van der Waals surface area contributed by atoms with E-state index in [-0.39, 0.29) is 11.9 Å². The standard InChI is InChI=1S/C13H13BrFNS/c1-8-10(7-13(14)17-8)12(16)6-9-4-2-3-5-11(9)15/h2-5,7,12H,6,16H2,1H3. The second-order valence-corrected chi connectivity index (χ2v) is 6.60. The Morgan fingerprint density at radius 3 is 2.71 bits per heavy atom. The van der Waals surface area contributed by atoms with Crippen LogP contribution in [0.25, 0.3) is 0 Å². The molecule has 0 amide bonds. The number of nitrogens with two attached hydrogens (primary N) is 1. The van der Waals surface area contributed by atoms with Gasteiger partial charge in [0.15, 0.2) is 0 Å². The van der Waals surface area contributed by atoms with E-state index in [0.29, 0.717) is 12.0 Å². The van der Waals surface area contributed by atoms with Crippen LogP contribution in [-0.2, 0) is 6.42 Å². The minimum Gasteiger partial charge on any atom is -0.324 e. The van der Waals surface area contributed by atoms with Gasteiger partial charge < -0.3 is 5.73 Å². The van der Waals surface area contributed by atoms with Crippen LogP contribution in [0, 0.1) is 12.7 Å². The van der Waals surface area contributed by atoms with Gasteiger partial charge in [0.25, 0.3) is 0 Å². The number of aryl methyl sites for hydroxylation is 1. The molecule has 0 spiro atoms. The van der Waals surface area contributed by atoms with E-state index in [9.17, 15) is 4.39 Å². The van der Waals surface area contributed by atoms with Crippen LogP contribution in [0.5, 0.6) is 0 Å². The third kappa shape index (κ3) is 2.94. The van der Waals surface area contributed by atoms with Gasteiger partial charge in [-0.15, -0.1) is 11.3 Å². The fourth-order valence-electron chi connectivity index (χ4n) is 1.84. The Kier molecular flexibility index (Phi) is 3.97. The number of hydrogen-bond donors (Lipinski definition) is 1. The van der Waals surface area contributed by atoms with Gasteiger partial charge in [0.1, 0.15) is 5.82 Å². The lowest BCUT2D eigenvalue weighted by molar-refractivity contribution is 0.593. The predicted octanol–water partition coefficient (Wildman–Crippen LogP) is 4.20. The lowest BCUT2D eigenvalue weighted by atomic mass is 10.0. The summed E-state index contributed by atoms with van der Waals surface area (Å²) in [6.07, 6.45) is 0.524. The molecular formula is C13H13BrFNS. The summed E-state index contributed by atoms with van der Waals surface area (Å²) in [6, 6.07) is 8.64. The molecule has 0 saturated carbocycles. The van der Waals surface area contributed by atoms with Crippen LogP contribution in [0.2, 0.25) is 0 Å². The van der Waals surface area contributed by atoms with E-state index in [4.69, 9.17) is 5.73 Å². The van der Waals surface area contributed by atoms with Gasteiger partial charge in [-0.1, -0.05) is 18.2 Å². The fraction of sp³-hybridized carbons (Fsp3) is 0.231. The largest absolute Gasteiger partial charge is 0.324 e. The molecule has 4 heteroatoms. The van der Waals surface area contributed by atoms with Gasteiger partial charge >= 0.3 is 0 Å². The third-order valence-electron chi connectivity index (χ3n) is 2.72. The molecule has 0 fully saturated rings. The minimum atomic E-state index is -0.185. The molecule has 1 heterocycles. The van der Waals surface area contributed by atoms with E-state index in [1.807, 2.05) is 19.1 Å². The van der Waals surface area contributed by atoms with E-state index in [1.54, 1.807) is 23.5 Å². The number of thiophene rings is 1. The van der Waals surface area contributed by atoms with Gasteiger partial charge in [-0.25, -0.2) is 4.39 Å². The maximum absolute atomic E-state index is 13.5. The summed E-state index contributed by atoms with van der Waals surface area (Å²) in [7, 11) is 0. The summed E-state index contributed by atoms with van der Waals surface area (Å²) in [6.45, 7) is 2.03. The van der Waals surface area contributed by atoms with E-state index in [1.165, 1.54) is 10.9 Å². The highest BCUT2D eigenvalue weighted by Crippen LogP contribution is 2.31. The van der Waals surface area contributed by atoms with Gasteiger partial charge in [-0.2, -0.15) is 0 Å². The SMILES string of the molecule is Cc1sc(Br)cc1C(N)Cc1ccccc1F. The highest BCUT2D eigenvalue weighted by Gasteiger charge is 2.14. The molecule has 0 aliphatic heterocycles. The molecule has 2 N–H and O–H groups in total. The first kappa shape index (κ1) is 12.7. The predicted molar refractivity (Wildman–Crippen MR) is 73.8 cm³/mol. The summed E-state index contributed by atoms with van der Waals surface area (Å²) in [5, 5.41) is 0. The molecule has 0 aliphatic carbocycles. The van der Waals surface area contributed by atoms with E-state index in [0.717, 1.165) is 9.35 Å². The molecule has 1 atom stereocenters. The number of rotatable bonds is 3. The zero-order valence-electron chi connectivity index (χ0n) is 9.41. The van der Waals surface area contributed by atoms with E-state index < -0.39 is 0 Å². The van der Waals surface area contributed by atoms with Crippen molar-refractivity contribution in [3.8, 4) is 0 Å².